The second kappa shape index (κ2) is 6.37. The molecule has 0 aliphatic carbocycles. The maximum absolute atomic E-state index is 9.30. The first-order valence-corrected chi connectivity index (χ1v) is 4.43. The van der Waals surface area contributed by atoms with Crippen LogP contribution in [0, 0.1) is 0 Å². The van der Waals surface area contributed by atoms with Crippen molar-refractivity contribution in [3.63, 3.8) is 0 Å². The van der Waals surface area contributed by atoms with E-state index in [0.29, 0.717) is 12.8 Å². The molecule has 0 fully saturated rings. The number of aliphatic hydroxyl groups is 2. The van der Waals surface area contributed by atoms with Crippen LogP contribution in [0.25, 0.3) is 0 Å². The van der Waals surface area contributed by atoms with Crippen LogP contribution in [0.2, 0.25) is 0 Å². The van der Waals surface area contributed by atoms with Gasteiger partial charge in [-0.3, -0.25) is 0 Å². The van der Waals surface area contributed by atoms with Crippen molar-refractivity contribution in [1.29, 1.82) is 0 Å². The third-order valence-electron chi connectivity index (χ3n) is 1.71. The fraction of sp³-hybridized carbons (Fsp3) is 1.00. The Labute approximate surface area is 73.6 Å². The van der Waals surface area contributed by atoms with Gasteiger partial charge in [0.05, 0.1) is 18.4 Å². The quantitative estimate of drug-likeness (QED) is 0.412. The summed E-state index contributed by atoms with van der Waals surface area (Å²) in [5.41, 5.74) is 10.6. The molecular weight excluding hydrogens is 156 g/mol. The van der Waals surface area contributed by atoms with Crippen molar-refractivity contribution in [3.05, 3.63) is 0 Å². The lowest BCUT2D eigenvalue weighted by Crippen LogP contribution is -2.35. The summed E-state index contributed by atoms with van der Waals surface area (Å²) in [7, 11) is 0. The predicted octanol–water partition coefficient (Wildman–Crippen LogP) is -0.468. The van der Waals surface area contributed by atoms with E-state index in [4.69, 9.17) is 11.5 Å². The van der Waals surface area contributed by atoms with Crippen LogP contribution in [0.4, 0.5) is 0 Å². The Morgan fingerprint density at radius 2 is 1.67 bits per heavy atom. The second-order valence-corrected chi connectivity index (χ2v) is 3.23. The molecule has 0 aromatic carbocycles. The van der Waals surface area contributed by atoms with Crippen LogP contribution in [0.3, 0.4) is 0 Å². The van der Waals surface area contributed by atoms with Gasteiger partial charge in [0.2, 0.25) is 0 Å². The first kappa shape index (κ1) is 11.8. The maximum Gasteiger partial charge on any atom is 0.0592 e. The molecule has 0 saturated carbocycles. The Hall–Kier alpha value is -0.160. The monoisotopic (exact) mass is 176 g/mol. The fourth-order valence-corrected chi connectivity index (χ4v) is 1.18. The molecule has 6 N–H and O–H groups in total. The summed E-state index contributed by atoms with van der Waals surface area (Å²) in [6.45, 7) is 1.99. The predicted molar refractivity (Wildman–Crippen MR) is 48.3 cm³/mol. The molecule has 0 saturated heterocycles. The number of hydrogen-bond acceptors (Lipinski definition) is 4. The summed E-state index contributed by atoms with van der Waals surface area (Å²) in [6, 6.07) is 0. The molecule has 2 unspecified atom stereocenters. The van der Waals surface area contributed by atoms with Crippen molar-refractivity contribution < 1.29 is 10.2 Å². The average molecular weight is 176 g/mol. The van der Waals surface area contributed by atoms with Crippen LogP contribution in [0.1, 0.15) is 32.6 Å². The summed E-state index contributed by atoms with van der Waals surface area (Å²) in [4.78, 5) is 0. The molecule has 0 aromatic heterocycles. The zero-order valence-corrected chi connectivity index (χ0v) is 7.61. The molecule has 0 aliphatic heterocycles. The van der Waals surface area contributed by atoms with E-state index >= 15 is 0 Å². The summed E-state index contributed by atoms with van der Waals surface area (Å²) in [6.07, 6.45) is 0.864. The summed E-state index contributed by atoms with van der Waals surface area (Å²) >= 11 is 0. The number of aliphatic hydroxyl groups excluding tert-OH is 2. The van der Waals surface area contributed by atoms with Crippen LogP contribution in [-0.4, -0.2) is 28.6 Å². The van der Waals surface area contributed by atoms with Crippen LogP contribution < -0.4 is 11.5 Å². The molecule has 0 aromatic rings. The van der Waals surface area contributed by atoms with Crippen LogP contribution >= 0.6 is 0 Å². The van der Waals surface area contributed by atoms with Crippen LogP contribution in [-0.2, 0) is 0 Å². The van der Waals surface area contributed by atoms with Crippen molar-refractivity contribution in [1.82, 2.24) is 0 Å². The molecule has 0 heterocycles. The van der Waals surface area contributed by atoms with E-state index in [2.05, 4.69) is 0 Å². The van der Waals surface area contributed by atoms with Gasteiger partial charge >= 0.3 is 0 Å². The number of nitrogens with two attached hydrogens (primary N) is 2. The lowest BCUT2D eigenvalue weighted by Gasteiger charge is -2.16. The third kappa shape index (κ3) is 6.54. The van der Waals surface area contributed by atoms with Gasteiger partial charge in [0.25, 0.3) is 0 Å². The molecule has 0 spiro atoms. The Kier molecular flexibility index (Phi) is 6.28. The van der Waals surface area contributed by atoms with E-state index in [0.717, 1.165) is 12.8 Å². The highest BCUT2D eigenvalue weighted by Crippen LogP contribution is 2.07. The first-order valence-electron chi connectivity index (χ1n) is 4.43. The minimum absolute atomic E-state index is 0.348. The maximum atomic E-state index is 9.30. The van der Waals surface area contributed by atoms with E-state index in [-0.39, 0.29) is 0 Å². The highest BCUT2D eigenvalue weighted by atomic mass is 16.3. The normalized spacial score (nSPS) is 16.5. The zero-order chi connectivity index (χ0) is 9.56. The van der Waals surface area contributed by atoms with Gasteiger partial charge in [-0.25, -0.2) is 0 Å². The highest BCUT2D eigenvalue weighted by molar-refractivity contribution is 4.66. The van der Waals surface area contributed by atoms with Crippen molar-refractivity contribution in [2.24, 2.45) is 11.5 Å². The summed E-state index contributed by atoms with van der Waals surface area (Å²) < 4.78 is 0. The minimum atomic E-state index is -0.577. The van der Waals surface area contributed by atoms with Crippen LogP contribution in [0.15, 0.2) is 0 Å². The molecule has 0 rings (SSSR count). The lowest BCUT2D eigenvalue weighted by atomic mass is 10.0. The molecule has 0 radical (unpaired) electrons. The fourth-order valence-electron chi connectivity index (χ4n) is 1.18. The van der Waals surface area contributed by atoms with Crippen molar-refractivity contribution in [3.8, 4) is 0 Å². The van der Waals surface area contributed by atoms with E-state index in [1.807, 2.05) is 6.92 Å². The molecule has 4 nitrogen and oxygen atoms in total. The molecule has 74 valence electrons. The molecule has 0 aliphatic rings. The van der Waals surface area contributed by atoms with Gasteiger partial charge in [-0.2, -0.15) is 0 Å². The molecule has 0 amide bonds. The molecule has 12 heavy (non-hydrogen) atoms. The summed E-state index contributed by atoms with van der Waals surface area (Å²) in [5.74, 6) is 0. The SMILES string of the molecule is CCCC(O)CC(O)CC(N)N. The summed E-state index contributed by atoms with van der Waals surface area (Å²) in [5, 5.41) is 18.6. The zero-order valence-electron chi connectivity index (χ0n) is 7.61. The first-order chi connectivity index (χ1) is 5.56. The Bertz CT molecular complexity index is 109. The average Bonchev–Trinajstić information content (AvgIpc) is 1.84. The highest BCUT2D eigenvalue weighted by Gasteiger charge is 2.12. The molecule has 2 atom stereocenters. The van der Waals surface area contributed by atoms with Gasteiger partial charge in [-0.15, -0.1) is 0 Å². The molecular formula is C8H20N2O2. The Morgan fingerprint density at radius 3 is 2.08 bits per heavy atom. The van der Waals surface area contributed by atoms with E-state index < -0.39 is 18.4 Å². The molecule has 0 bridgehead atoms. The third-order valence-corrected chi connectivity index (χ3v) is 1.71. The minimum Gasteiger partial charge on any atom is -0.393 e. The van der Waals surface area contributed by atoms with E-state index in [1.54, 1.807) is 0 Å². The van der Waals surface area contributed by atoms with Crippen LogP contribution in [0.5, 0.6) is 0 Å². The second-order valence-electron chi connectivity index (χ2n) is 3.23. The largest absolute Gasteiger partial charge is 0.393 e. The van der Waals surface area contributed by atoms with Gasteiger partial charge in [-0.05, 0) is 12.8 Å². The van der Waals surface area contributed by atoms with E-state index in [9.17, 15) is 10.2 Å². The van der Waals surface area contributed by atoms with E-state index in [1.165, 1.54) is 0 Å². The van der Waals surface area contributed by atoms with Gasteiger partial charge in [0, 0.05) is 6.42 Å². The topological polar surface area (TPSA) is 92.5 Å². The number of rotatable bonds is 6. The van der Waals surface area contributed by atoms with Crippen molar-refractivity contribution >= 4 is 0 Å². The van der Waals surface area contributed by atoms with Gasteiger partial charge < -0.3 is 21.7 Å². The smallest absolute Gasteiger partial charge is 0.0592 e. The lowest BCUT2D eigenvalue weighted by molar-refractivity contribution is 0.0673. The van der Waals surface area contributed by atoms with Gasteiger partial charge in [-0.1, -0.05) is 13.3 Å². The molecule has 4 heteroatoms. The van der Waals surface area contributed by atoms with Gasteiger partial charge in [0.1, 0.15) is 0 Å². The van der Waals surface area contributed by atoms with Crippen molar-refractivity contribution in [2.45, 2.75) is 51.0 Å². The standard InChI is InChI=1S/C8H20N2O2/c1-2-3-6(11)4-7(12)5-8(9)10/h6-8,11-12H,2-5,9-10H2,1H3. The van der Waals surface area contributed by atoms with Gasteiger partial charge in [0.15, 0.2) is 0 Å². The Balaban J connectivity index is 3.46. The Morgan fingerprint density at radius 1 is 1.08 bits per heavy atom. The number of hydrogen-bond donors (Lipinski definition) is 4. The van der Waals surface area contributed by atoms with Crippen molar-refractivity contribution in [2.75, 3.05) is 0 Å².